The molecule has 2 heteroatoms. The maximum absolute atomic E-state index is 12.8. The Morgan fingerprint density at radius 2 is 2.16 bits per heavy atom. The van der Waals surface area contributed by atoms with E-state index in [2.05, 4.69) is 30.1 Å². The number of benzene rings is 1. The van der Waals surface area contributed by atoms with Crippen LogP contribution in [0.4, 0.5) is 0 Å². The molecule has 98 valence electrons. The van der Waals surface area contributed by atoms with Crippen molar-refractivity contribution in [3.63, 3.8) is 0 Å². The first kappa shape index (κ1) is 11.3. The van der Waals surface area contributed by atoms with Gasteiger partial charge in [0.1, 0.15) is 0 Å². The summed E-state index contributed by atoms with van der Waals surface area (Å²) >= 11 is 0. The molecular weight excluding hydrogens is 234 g/mol. The molecule has 1 aromatic carbocycles. The number of aromatic amines is 1. The fraction of sp³-hybridized carbons (Fsp3) is 0.471. The Morgan fingerprint density at radius 1 is 1.26 bits per heavy atom. The molecule has 0 amide bonds. The van der Waals surface area contributed by atoms with Gasteiger partial charge in [-0.3, -0.25) is 4.79 Å². The zero-order chi connectivity index (χ0) is 13.0. The largest absolute Gasteiger partial charge is 0.360 e. The van der Waals surface area contributed by atoms with E-state index < -0.39 is 0 Å². The third-order valence-corrected chi connectivity index (χ3v) is 5.18. The van der Waals surface area contributed by atoms with Gasteiger partial charge in [0.25, 0.3) is 0 Å². The van der Waals surface area contributed by atoms with E-state index >= 15 is 0 Å². The highest BCUT2D eigenvalue weighted by Gasteiger charge is 2.43. The first-order valence-electron chi connectivity index (χ1n) is 7.34. The van der Waals surface area contributed by atoms with Crippen LogP contribution in [0.25, 0.3) is 10.9 Å². The van der Waals surface area contributed by atoms with Crippen molar-refractivity contribution in [1.82, 2.24) is 4.98 Å². The molecule has 3 atom stereocenters. The number of carbonyl (C=O) groups is 1. The average molecular weight is 253 g/mol. The molecule has 2 saturated carbocycles. The lowest BCUT2D eigenvalue weighted by molar-refractivity contribution is 0.0876. The van der Waals surface area contributed by atoms with Gasteiger partial charge in [-0.25, -0.2) is 0 Å². The molecule has 2 fully saturated rings. The molecule has 3 unspecified atom stereocenters. The highest BCUT2D eigenvalue weighted by molar-refractivity contribution is 6.09. The molecule has 2 aliphatic carbocycles. The number of fused-ring (bicyclic) bond motifs is 3. The first-order chi connectivity index (χ1) is 9.22. The second kappa shape index (κ2) is 3.96. The summed E-state index contributed by atoms with van der Waals surface area (Å²) in [6.07, 6.45) is 6.95. The van der Waals surface area contributed by atoms with Crippen molar-refractivity contribution in [2.45, 2.75) is 32.6 Å². The monoisotopic (exact) mass is 253 g/mol. The van der Waals surface area contributed by atoms with Gasteiger partial charge < -0.3 is 4.98 Å². The van der Waals surface area contributed by atoms with Crippen molar-refractivity contribution in [1.29, 1.82) is 0 Å². The summed E-state index contributed by atoms with van der Waals surface area (Å²) in [5, 5.41) is 1.10. The highest BCUT2D eigenvalue weighted by atomic mass is 16.1. The molecule has 2 nitrogen and oxygen atoms in total. The number of aryl methyl sites for hydroxylation is 1. The van der Waals surface area contributed by atoms with Gasteiger partial charge in [0, 0.05) is 28.6 Å². The van der Waals surface area contributed by atoms with E-state index in [0.717, 1.165) is 28.8 Å². The minimum absolute atomic E-state index is 0.290. The number of rotatable bonds is 2. The Kier molecular flexibility index (Phi) is 2.35. The van der Waals surface area contributed by atoms with Gasteiger partial charge in [0.15, 0.2) is 5.78 Å². The van der Waals surface area contributed by atoms with Crippen LogP contribution in [0.3, 0.4) is 0 Å². The van der Waals surface area contributed by atoms with Crippen LogP contribution in [0.1, 0.15) is 41.6 Å². The molecule has 2 aliphatic rings. The van der Waals surface area contributed by atoms with Crippen LogP contribution in [-0.2, 0) is 0 Å². The number of hydrogen-bond donors (Lipinski definition) is 1. The number of Topliss-reactive ketones (excluding diaryl/α,β-unsaturated/α-hetero) is 1. The Morgan fingerprint density at radius 3 is 2.89 bits per heavy atom. The van der Waals surface area contributed by atoms with E-state index in [1.54, 1.807) is 0 Å². The first-order valence-corrected chi connectivity index (χ1v) is 7.34. The predicted octanol–water partition coefficient (Wildman–Crippen LogP) is 4.10. The fourth-order valence-electron chi connectivity index (χ4n) is 4.20. The number of hydrogen-bond acceptors (Lipinski definition) is 1. The number of carbonyl (C=O) groups excluding carboxylic acids is 1. The van der Waals surface area contributed by atoms with Crippen LogP contribution < -0.4 is 0 Å². The van der Waals surface area contributed by atoms with Crippen LogP contribution in [0.15, 0.2) is 24.4 Å². The third kappa shape index (κ3) is 1.66. The van der Waals surface area contributed by atoms with Gasteiger partial charge in [-0.1, -0.05) is 18.1 Å². The summed E-state index contributed by atoms with van der Waals surface area (Å²) in [6, 6.07) is 6.29. The van der Waals surface area contributed by atoms with Gasteiger partial charge in [-0.15, -0.1) is 0 Å². The van der Waals surface area contributed by atoms with E-state index in [-0.39, 0.29) is 0 Å². The summed E-state index contributed by atoms with van der Waals surface area (Å²) in [4.78, 5) is 16.0. The van der Waals surface area contributed by atoms with Crippen molar-refractivity contribution in [3.05, 3.63) is 35.5 Å². The Labute approximate surface area is 113 Å². The van der Waals surface area contributed by atoms with Gasteiger partial charge in [-0.05, 0) is 50.2 Å². The lowest BCUT2D eigenvalue weighted by Gasteiger charge is -2.19. The zero-order valence-corrected chi connectivity index (χ0v) is 11.3. The minimum atomic E-state index is 0.290. The van der Waals surface area contributed by atoms with E-state index in [0.29, 0.717) is 17.6 Å². The molecule has 0 spiro atoms. The van der Waals surface area contributed by atoms with Crippen LogP contribution in [0.5, 0.6) is 0 Å². The fourth-order valence-corrected chi connectivity index (χ4v) is 4.20. The standard InChI is InChI=1S/C17H19NO/c1-10-2-5-16-14(6-10)15(9-18-16)17(19)13-8-11-3-4-12(13)7-11/h2,5-6,9,11-13,18H,3-4,7-8H2,1H3. The Hall–Kier alpha value is -1.57. The molecule has 1 heterocycles. The van der Waals surface area contributed by atoms with Gasteiger partial charge in [0.2, 0.25) is 0 Å². The predicted molar refractivity (Wildman–Crippen MR) is 76.3 cm³/mol. The SMILES string of the molecule is Cc1ccc2[nH]cc(C(=O)C3CC4CCC3C4)c2c1. The molecule has 2 bridgehead atoms. The normalized spacial score (nSPS) is 29.2. The van der Waals surface area contributed by atoms with Crippen molar-refractivity contribution in [3.8, 4) is 0 Å². The van der Waals surface area contributed by atoms with E-state index in [9.17, 15) is 4.79 Å². The molecule has 1 N–H and O–H groups in total. The van der Waals surface area contributed by atoms with E-state index in [1.807, 2.05) is 6.20 Å². The highest BCUT2D eigenvalue weighted by Crippen LogP contribution is 2.49. The van der Waals surface area contributed by atoms with Gasteiger partial charge >= 0.3 is 0 Å². The summed E-state index contributed by atoms with van der Waals surface area (Å²) in [5.41, 5.74) is 3.21. The van der Waals surface area contributed by atoms with Crippen molar-refractivity contribution in [2.75, 3.05) is 0 Å². The number of H-pyrrole nitrogens is 1. The molecule has 0 aliphatic heterocycles. The van der Waals surface area contributed by atoms with Crippen LogP contribution >= 0.6 is 0 Å². The third-order valence-electron chi connectivity index (χ3n) is 5.18. The molecular formula is C17H19NO. The molecule has 19 heavy (non-hydrogen) atoms. The Balaban J connectivity index is 1.74. The van der Waals surface area contributed by atoms with Crippen LogP contribution in [0.2, 0.25) is 0 Å². The molecule has 0 radical (unpaired) electrons. The molecule has 1 aromatic heterocycles. The zero-order valence-electron chi connectivity index (χ0n) is 11.3. The lowest BCUT2D eigenvalue weighted by Crippen LogP contribution is -2.20. The quantitative estimate of drug-likeness (QED) is 0.803. The number of aromatic nitrogens is 1. The second-order valence-corrected chi connectivity index (χ2v) is 6.40. The van der Waals surface area contributed by atoms with E-state index in [1.165, 1.54) is 24.8 Å². The summed E-state index contributed by atoms with van der Waals surface area (Å²) < 4.78 is 0. The summed E-state index contributed by atoms with van der Waals surface area (Å²) in [5.74, 6) is 2.15. The van der Waals surface area contributed by atoms with Crippen molar-refractivity contribution < 1.29 is 4.79 Å². The van der Waals surface area contributed by atoms with Crippen LogP contribution in [0, 0.1) is 24.7 Å². The van der Waals surface area contributed by atoms with Crippen molar-refractivity contribution in [2.24, 2.45) is 17.8 Å². The summed E-state index contributed by atoms with van der Waals surface area (Å²) in [6.45, 7) is 2.08. The summed E-state index contributed by atoms with van der Waals surface area (Å²) in [7, 11) is 0. The second-order valence-electron chi connectivity index (χ2n) is 6.40. The maximum Gasteiger partial charge on any atom is 0.168 e. The number of ketones is 1. The maximum atomic E-state index is 12.8. The average Bonchev–Trinajstić information content (AvgIpc) is 3.11. The van der Waals surface area contributed by atoms with Crippen molar-refractivity contribution >= 4 is 16.7 Å². The van der Waals surface area contributed by atoms with Gasteiger partial charge in [0.05, 0.1) is 0 Å². The number of nitrogens with one attached hydrogen (secondary N) is 1. The Bertz CT molecular complexity index is 654. The topological polar surface area (TPSA) is 32.9 Å². The molecule has 4 rings (SSSR count). The molecule has 2 aromatic rings. The van der Waals surface area contributed by atoms with Gasteiger partial charge in [-0.2, -0.15) is 0 Å². The molecule has 0 saturated heterocycles. The van der Waals surface area contributed by atoms with E-state index in [4.69, 9.17) is 0 Å². The smallest absolute Gasteiger partial charge is 0.168 e. The lowest BCUT2D eigenvalue weighted by atomic mass is 9.83. The van der Waals surface area contributed by atoms with Crippen LogP contribution in [-0.4, -0.2) is 10.8 Å². The minimum Gasteiger partial charge on any atom is -0.360 e.